The van der Waals surface area contributed by atoms with E-state index in [4.69, 9.17) is 5.73 Å². The molecule has 4 nitrogen and oxygen atoms in total. The van der Waals surface area contributed by atoms with E-state index in [2.05, 4.69) is 25.1 Å². The van der Waals surface area contributed by atoms with Crippen LogP contribution in [0.3, 0.4) is 0 Å². The molecule has 0 radical (unpaired) electrons. The number of nitrogens with two attached hydrogens (primary N) is 1. The van der Waals surface area contributed by atoms with Crippen LogP contribution in [0.2, 0.25) is 0 Å². The Labute approximate surface area is 131 Å². The van der Waals surface area contributed by atoms with Crippen molar-refractivity contribution in [1.29, 1.82) is 0 Å². The Hall–Kier alpha value is -1.94. The van der Waals surface area contributed by atoms with Crippen LogP contribution in [0.15, 0.2) is 27.8 Å². The van der Waals surface area contributed by atoms with Crippen LogP contribution in [-0.2, 0) is 25.9 Å². The number of nitrogens with zero attached hydrogens (tertiary/aromatic N) is 1. The first-order valence-electron chi connectivity index (χ1n) is 8.03. The van der Waals surface area contributed by atoms with Crippen molar-refractivity contribution in [1.82, 2.24) is 0 Å². The highest BCUT2D eigenvalue weighted by Crippen LogP contribution is 2.25. The predicted molar refractivity (Wildman–Crippen MR) is 91.2 cm³/mol. The van der Waals surface area contributed by atoms with Crippen molar-refractivity contribution in [3.05, 3.63) is 60.9 Å². The normalized spacial score (nSPS) is 13.5. The molecular weight excluding hydrogens is 276 g/mol. The van der Waals surface area contributed by atoms with Crippen molar-refractivity contribution in [3.8, 4) is 0 Å². The molecule has 0 aliphatic carbocycles. The van der Waals surface area contributed by atoms with E-state index in [-0.39, 0.29) is 12.0 Å². The fourth-order valence-corrected chi connectivity index (χ4v) is 2.97. The van der Waals surface area contributed by atoms with Gasteiger partial charge in [0.05, 0.1) is 5.69 Å². The zero-order chi connectivity index (χ0) is 16.3. The maximum Gasteiger partial charge on any atom is 0.249 e. The Kier molecular flexibility index (Phi) is 5.14. The highest BCUT2D eigenvalue weighted by atomic mass is 16.2. The number of rotatable bonds is 3. The summed E-state index contributed by atoms with van der Waals surface area (Å²) in [4.78, 5) is 25.2. The lowest BCUT2D eigenvalue weighted by molar-refractivity contribution is 0.716. The molecule has 0 fully saturated rings. The molecule has 3 rings (SSSR count). The van der Waals surface area contributed by atoms with E-state index in [0.29, 0.717) is 17.8 Å². The van der Waals surface area contributed by atoms with Gasteiger partial charge in [-0.1, -0.05) is 39.0 Å². The highest BCUT2D eigenvalue weighted by molar-refractivity contribution is 5.60. The first-order valence-corrected chi connectivity index (χ1v) is 8.03. The van der Waals surface area contributed by atoms with Crippen molar-refractivity contribution in [2.45, 2.75) is 46.7 Å². The minimum atomic E-state index is -0.407. The lowest BCUT2D eigenvalue weighted by Gasteiger charge is -2.32. The number of hydrogen-bond donors (Lipinski definition) is 1. The lowest BCUT2D eigenvalue weighted by atomic mass is 9.95. The monoisotopic (exact) mass is 300 g/mol. The topological polar surface area (TPSA) is 63.4 Å². The summed E-state index contributed by atoms with van der Waals surface area (Å²) in [5.74, 6) is 0. The van der Waals surface area contributed by atoms with Gasteiger partial charge < -0.3 is 10.6 Å². The van der Waals surface area contributed by atoms with Crippen molar-refractivity contribution in [2.24, 2.45) is 5.73 Å². The van der Waals surface area contributed by atoms with E-state index < -0.39 is 5.43 Å². The van der Waals surface area contributed by atoms with Gasteiger partial charge in [0.1, 0.15) is 0 Å². The van der Waals surface area contributed by atoms with Gasteiger partial charge in [0, 0.05) is 25.2 Å². The van der Waals surface area contributed by atoms with Crippen LogP contribution >= 0.6 is 0 Å². The Bertz CT molecular complexity index is 727. The number of fused-ring (bicyclic) bond motifs is 1. The van der Waals surface area contributed by atoms with Gasteiger partial charge >= 0.3 is 0 Å². The first-order chi connectivity index (χ1) is 10.7. The fourth-order valence-electron chi connectivity index (χ4n) is 2.97. The van der Waals surface area contributed by atoms with Crippen LogP contribution in [0.5, 0.6) is 0 Å². The number of anilines is 1. The van der Waals surface area contributed by atoms with Crippen LogP contribution in [-0.4, -0.2) is 6.54 Å². The summed E-state index contributed by atoms with van der Waals surface area (Å²) in [6.07, 6.45) is 1.91. The molecule has 0 atom stereocenters. The molecule has 0 saturated carbocycles. The van der Waals surface area contributed by atoms with Gasteiger partial charge in [-0.3, -0.25) is 9.59 Å². The van der Waals surface area contributed by atoms with Gasteiger partial charge in [-0.15, -0.1) is 0 Å². The van der Waals surface area contributed by atoms with E-state index >= 15 is 0 Å². The SMILES string of the molecule is CC.CCc1ccc2c(c1)CN(c1c(CN)c(=O)c1=O)CC2. The minimum absolute atomic E-state index is 0.151. The van der Waals surface area contributed by atoms with Gasteiger partial charge in [0.25, 0.3) is 0 Å². The van der Waals surface area contributed by atoms with Crippen molar-refractivity contribution >= 4 is 5.69 Å². The molecule has 0 bridgehead atoms. The van der Waals surface area contributed by atoms with Gasteiger partial charge in [-0.05, 0) is 29.5 Å². The van der Waals surface area contributed by atoms with Gasteiger partial charge in [0.2, 0.25) is 10.9 Å². The number of hydrogen-bond acceptors (Lipinski definition) is 4. The zero-order valence-electron chi connectivity index (χ0n) is 13.6. The molecule has 118 valence electrons. The molecule has 0 unspecified atom stereocenters. The van der Waals surface area contributed by atoms with E-state index in [9.17, 15) is 9.59 Å². The van der Waals surface area contributed by atoms with Crippen LogP contribution in [0.25, 0.3) is 0 Å². The molecule has 1 aliphatic rings. The van der Waals surface area contributed by atoms with Crippen LogP contribution in [0.4, 0.5) is 5.69 Å². The molecule has 0 spiro atoms. The Morgan fingerprint density at radius 2 is 1.86 bits per heavy atom. The molecule has 2 aromatic carbocycles. The average molecular weight is 300 g/mol. The fraction of sp³-hybridized carbons (Fsp3) is 0.444. The first kappa shape index (κ1) is 16.4. The van der Waals surface area contributed by atoms with Crippen LogP contribution in [0.1, 0.15) is 43.0 Å². The number of benzene rings is 1. The highest BCUT2D eigenvalue weighted by Gasteiger charge is 2.27. The van der Waals surface area contributed by atoms with E-state index in [1.165, 1.54) is 16.7 Å². The molecule has 2 N–H and O–H groups in total. The lowest BCUT2D eigenvalue weighted by Crippen LogP contribution is -2.46. The van der Waals surface area contributed by atoms with Crippen molar-refractivity contribution in [2.75, 3.05) is 11.4 Å². The second-order valence-corrected chi connectivity index (χ2v) is 5.32. The Morgan fingerprint density at radius 3 is 2.50 bits per heavy atom. The average Bonchev–Trinajstić information content (AvgIpc) is 2.59. The summed E-state index contributed by atoms with van der Waals surface area (Å²) in [7, 11) is 0. The molecule has 22 heavy (non-hydrogen) atoms. The third-order valence-corrected chi connectivity index (χ3v) is 4.19. The third kappa shape index (κ3) is 2.71. The van der Waals surface area contributed by atoms with Crippen molar-refractivity contribution < 1.29 is 0 Å². The van der Waals surface area contributed by atoms with E-state index in [0.717, 1.165) is 19.4 Å². The number of aryl methyl sites for hydroxylation is 1. The van der Waals surface area contributed by atoms with Gasteiger partial charge in [-0.2, -0.15) is 0 Å². The smallest absolute Gasteiger partial charge is 0.249 e. The Balaban J connectivity index is 0.000000847. The van der Waals surface area contributed by atoms with Crippen molar-refractivity contribution in [3.63, 3.8) is 0 Å². The van der Waals surface area contributed by atoms with Crippen LogP contribution in [0, 0.1) is 0 Å². The molecule has 2 aromatic rings. The van der Waals surface area contributed by atoms with E-state index in [1.54, 1.807) is 0 Å². The summed E-state index contributed by atoms with van der Waals surface area (Å²) in [5.41, 5.74) is 9.72. The third-order valence-electron chi connectivity index (χ3n) is 4.19. The molecule has 0 saturated heterocycles. The molecule has 4 heteroatoms. The minimum Gasteiger partial charge on any atom is -0.363 e. The Morgan fingerprint density at radius 1 is 1.14 bits per heavy atom. The molecule has 0 aromatic heterocycles. The molecular formula is C18H24N2O2. The predicted octanol–water partition coefficient (Wildman–Crippen LogP) is 1.89. The summed E-state index contributed by atoms with van der Waals surface area (Å²) in [6, 6.07) is 6.55. The second kappa shape index (κ2) is 6.88. The largest absolute Gasteiger partial charge is 0.363 e. The summed E-state index contributed by atoms with van der Waals surface area (Å²) in [5, 5.41) is 0. The zero-order valence-corrected chi connectivity index (χ0v) is 13.6. The summed E-state index contributed by atoms with van der Waals surface area (Å²) < 4.78 is 0. The van der Waals surface area contributed by atoms with Crippen LogP contribution < -0.4 is 21.5 Å². The maximum atomic E-state index is 11.8. The second-order valence-electron chi connectivity index (χ2n) is 5.32. The maximum absolute atomic E-state index is 11.8. The molecule has 1 aliphatic heterocycles. The van der Waals surface area contributed by atoms with E-state index in [1.807, 2.05) is 18.7 Å². The van der Waals surface area contributed by atoms with Gasteiger partial charge in [-0.25, -0.2) is 0 Å². The molecule has 0 amide bonds. The molecule has 1 heterocycles. The summed E-state index contributed by atoms with van der Waals surface area (Å²) >= 11 is 0. The standard InChI is InChI=1S/C16H18N2O2.C2H6/c1-2-10-3-4-11-5-6-18(9-12(11)7-10)14-13(8-17)15(19)16(14)20;1-2/h3-4,7H,2,5-6,8-9,17H2,1H3;1-2H3. The quantitative estimate of drug-likeness (QED) is 0.879. The summed E-state index contributed by atoms with van der Waals surface area (Å²) in [6.45, 7) is 7.75. The van der Waals surface area contributed by atoms with Gasteiger partial charge in [0.15, 0.2) is 0 Å².